The second-order valence-electron chi connectivity index (χ2n) is 3.47. The molecule has 1 fully saturated rings. The van der Waals surface area contributed by atoms with E-state index in [1.54, 1.807) is 12.1 Å². The Kier molecular flexibility index (Phi) is 3.35. The van der Waals surface area contributed by atoms with Crippen LogP contribution in [0.4, 0.5) is 5.69 Å². The van der Waals surface area contributed by atoms with Gasteiger partial charge in [0.2, 0.25) is 0 Å². The largest absolute Gasteiger partial charge is 0.768 e. The fraction of sp³-hybridized carbons (Fsp3) is 0.400. The van der Waals surface area contributed by atoms with Gasteiger partial charge in [-0.3, -0.25) is 4.21 Å². The summed E-state index contributed by atoms with van der Waals surface area (Å²) in [5.74, 6) is 0. The minimum atomic E-state index is -2.12. The molecule has 0 amide bonds. The van der Waals surface area contributed by atoms with Crippen LogP contribution in [0.25, 0.3) is 0 Å². The van der Waals surface area contributed by atoms with Crippen molar-refractivity contribution in [2.45, 2.75) is 4.90 Å². The van der Waals surface area contributed by atoms with E-state index in [1.807, 2.05) is 12.1 Å². The summed E-state index contributed by atoms with van der Waals surface area (Å²) in [5.41, 5.74) is 1.09. The van der Waals surface area contributed by atoms with E-state index in [2.05, 4.69) is 10.2 Å². The lowest BCUT2D eigenvalue weighted by atomic mass is 10.2. The van der Waals surface area contributed by atoms with E-state index in [0.717, 1.165) is 31.9 Å². The molecule has 1 N–H and O–H groups in total. The Bertz CT molecular complexity index is 347. The SMILES string of the molecule is O=S([O-])c1ccc(N2CCNCC2)cc1. The van der Waals surface area contributed by atoms with Crippen LogP contribution < -0.4 is 10.2 Å². The van der Waals surface area contributed by atoms with E-state index in [9.17, 15) is 8.76 Å². The number of anilines is 1. The average Bonchev–Trinajstić information content (AvgIpc) is 2.30. The van der Waals surface area contributed by atoms with Gasteiger partial charge in [0.25, 0.3) is 0 Å². The highest BCUT2D eigenvalue weighted by Gasteiger charge is 2.09. The topological polar surface area (TPSA) is 55.4 Å². The Morgan fingerprint density at radius 3 is 2.33 bits per heavy atom. The van der Waals surface area contributed by atoms with Crippen molar-refractivity contribution in [1.29, 1.82) is 0 Å². The fourth-order valence-corrected chi connectivity index (χ4v) is 2.05. The van der Waals surface area contributed by atoms with Crippen molar-refractivity contribution in [3.63, 3.8) is 0 Å². The molecule has 5 heteroatoms. The summed E-state index contributed by atoms with van der Waals surface area (Å²) in [6.45, 7) is 3.91. The van der Waals surface area contributed by atoms with Crippen LogP contribution in [0.3, 0.4) is 0 Å². The molecule has 1 aromatic rings. The van der Waals surface area contributed by atoms with Gasteiger partial charge >= 0.3 is 0 Å². The van der Waals surface area contributed by atoms with Crippen LogP contribution in [0.1, 0.15) is 0 Å². The van der Waals surface area contributed by atoms with Gasteiger partial charge < -0.3 is 14.8 Å². The van der Waals surface area contributed by atoms with Gasteiger partial charge in [-0.15, -0.1) is 0 Å². The first-order chi connectivity index (χ1) is 7.27. The lowest BCUT2D eigenvalue weighted by Crippen LogP contribution is -2.43. The van der Waals surface area contributed by atoms with Gasteiger partial charge in [0.1, 0.15) is 0 Å². The van der Waals surface area contributed by atoms with Gasteiger partial charge in [0.05, 0.1) is 0 Å². The van der Waals surface area contributed by atoms with Crippen molar-refractivity contribution in [3.8, 4) is 0 Å². The summed E-state index contributed by atoms with van der Waals surface area (Å²) in [4.78, 5) is 2.59. The molecular formula is C10H13N2O2S-. The third-order valence-corrected chi connectivity index (χ3v) is 3.17. The number of nitrogens with zero attached hydrogens (tertiary/aromatic N) is 1. The van der Waals surface area contributed by atoms with E-state index >= 15 is 0 Å². The van der Waals surface area contributed by atoms with Gasteiger partial charge in [0, 0.05) is 36.8 Å². The van der Waals surface area contributed by atoms with E-state index in [0.29, 0.717) is 4.90 Å². The summed E-state index contributed by atoms with van der Waals surface area (Å²) >= 11 is -2.12. The molecule has 1 aliphatic heterocycles. The van der Waals surface area contributed by atoms with Crippen molar-refractivity contribution in [1.82, 2.24) is 5.32 Å². The van der Waals surface area contributed by atoms with Crippen LogP contribution in [0.15, 0.2) is 29.2 Å². The van der Waals surface area contributed by atoms with Crippen molar-refractivity contribution in [3.05, 3.63) is 24.3 Å². The summed E-state index contributed by atoms with van der Waals surface area (Å²) in [7, 11) is 0. The van der Waals surface area contributed by atoms with Gasteiger partial charge in [-0.1, -0.05) is 0 Å². The third kappa shape index (κ3) is 2.56. The molecule has 0 aliphatic carbocycles. The molecule has 15 heavy (non-hydrogen) atoms. The number of hydrogen-bond donors (Lipinski definition) is 1. The highest BCUT2D eigenvalue weighted by Crippen LogP contribution is 2.16. The van der Waals surface area contributed by atoms with Gasteiger partial charge in [-0.25, -0.2) is 0 Å². The Morgan fingerprint density at radius 2 is 1.80 bits per heavy atom. The molecule has 0 bridgehead atoms. The zero-order chi connectivity index (χ0) is 10.7. The first kappa shape index (κ1) is 10.6. The number of piperazine rings is 1. The summed E-state index contributed by atoms with van der Waals surface area (Å²) in [5, 5.41) is 3.27. The molecule has 1 saturated heterocycles. The Hall–Kier alpha value is -0.910. The molecule has 1 aromatic carbocycles. The van der Waals surface area contributed by atoms with E-state index in [1.165, 1.54) is 0 Å². The Labute approximate surface area is 91.6 Å². The molecule has 2 rings (SSSR count). The Balaban J connectivity index is 2.11. The number of hydrogen-bond acceptors (Lipinski definition) is 4. The summed E-state index contributed by atoms with van der Waals surface area (Å²) < 4.78 is 21.3. The maximum Gasteiger partial charge on any atom is 0.0367 e. The predicted octanol–water partition coefficient (Wildman–Crippen LogP) is 0.334. The van der Waals surface area contributed by atoms with Crippen LogP contribution in [0, 0.1) is 0 Å². The normalized spacial score (nSPS) is 18.9. The molecule has 0 spiro atoms. The summed E-state index contributed by atoms with van der Waals surface area (Å²) in [6, 6.07) is 6.99. The molecule has 0 aromatic heterocycles. The zero-order valence-electron chi connectivity index (χ0n) is 8.31. The number of rotatable bonds is 2. The minimum absolute atomic E-state index is 0.342. The molecular weight excluding hydrogens is 212 g/mol. The van der Waals surface area contributed by atoms with E-state index in [-0.39, 0.29) is 0 Å². The van der Waals surface area contributed by atoms with Crippen molar-refractivity contribution in [2.24, 2.45) is 0 Å². The summed E-state index contributed by atoms with van der Waals surface area (Å²) in [6.07, 6.45) is 0. The van der Waals surface area contributed by atoms with Crippen LogP contribution >= 0.6 is 0 Å². The lowest BCUT2D eigenvalue weighted by Gasteiger charge is -2.29. The highest BCUT2D eigenvalue weighted by atomic mass is 32.2. The van der Waals surface area contributed by atoms with Crippen LogP contribution in [-0.2, 0) is 11.1 Å². The quantitative estimate of drug-likeness (QED) is 0.737. The van der Waals surface area contributed by atoms with Crippen LogP contribution in [0.2, 0.25) is 0 Å². The predicted molar refractivity (Wildman–Crippen MR) is 58.7 cm³/mol. The van der Waals surface area contributed by atoms with Gasteiger partial charge in [-0.05, 0) is 35.3 Å². The highest BCUT2D eigenvalue weighted by molar-refractivity contribution is 7.79. The molecule has 1 aliphatic rings. The van der Waals surface area contributed by atoms with Gasteiger partial charge in [-0.2, -0.15) is 0 Å². The third-order valence-electron chi connectivity index (χ3n) is 2.51. The standard InChI is InChI=1S/C10H14N2O2S/c13-15(14)10-3-1-9(2-4-10)12-7-5-11-6-8-12/h1-4,11H,5-8H2,(H,13,14)/p-1. The van der Waals surface area contributed by atoms with Crippen molar-refractivity contribution in [2.75, 3.05) is 31.1 Å². The lowest BCUT2D eigenvalue weighted by molar-refractivity contribution is 0.537. The first-order valence-corrected chi connectivity index (χ1v) is 6.00. The van der Waals surface area contributed by atoms with E-state index in [4.69, 9.17) is 0 Å². The average molecular weight is 225 g/mol. The molecule has 1 heterocycles. The number of nitrogens with one attached hydrogen (secondary N) is 1. The molecule has 1 atom stereocenters. The van der Waals surface area contributed by atoms with Crippen molar-refractivity contribution < 1.29 is 8.76 Å². The monoisotopic (exact) mass is 225 g/mol. The zero-order valence-corrected chi connectivity index (χ0v) is 9.13. The second kappa shape index (κ2) is 4.74. The number of benzene rings is 1. The molecule has 1 unspecified atom stereocenters. The maximum atomic E-state index is 10.7. The molecule has 0 radical (unpaired) electrons. The van der Waals surface area contributed by atoms with E-state index < -0.39 is 11.1 Å². The second-order valence-corrected chi connectivity index (χ2v) is 4.41. The van der Waals surface area contributed by atoms with Gasteiger partial charge in [0.15, 0.2) is 0 Å². The van der Waals surface area contributed by atoms with Crippen molar-refractivity contribution >= 4 is 16.8 Å². The van der Waals surface area contributed by atoms with Crippen LogP contribution in [0.5, 0.6) is 0 Å². The molecule has 82 valence electrons. The maximum absolute atomic E-state index is 10.7. The minimum Gasteiger partial charge on any atom is -0.768 e. The van der Waals surface area contributed by atoms with Crippen LogP contribution in [-0.4, -0.2) is 34.9 Å². The molecule has 4 nitrogen and oxygen atoms in total. The first-order valence-electron chi connectivity index (χ1n) is 4.92. The Morgan fingerprint density at radius 1 is 1.20 bits per heavy atom. The fourth-order valence-electron chi connectivity index (χ4n) is 1.69. The smallest absolute Gasteiger partial charge is 0.0367 e. The molecule has 0 saturated carbocycles.